The number of amides is 2. The van der Waals surface area contributed by atoms with E-state index in [4.69, 9.17) is 20.1 Å². The summed E-state index contributed by atoms with van der Waals surface area (Å²) in [6.45, 7) is 2.16. The zero-order valence-corrected chi connectivity index (χ0v) is 41.9. The lowest BCUT2D eigenvalue weighted by Crippen LogP contribution is -2.38. The average Bonchev–Trinajstić information content (AvgIpc) is 4.44. The summed E-state index contributed by atoms with van der Waals surface area (Å²) in [5.74, 6) is 0.0607. The molecule has 0 spiro atoms. The zero-order chi connectivity index (χ0) is 51.5. The minimum Gasteiger partial charge on any atom is -0.326 e. The molecule has 8 heterocycles. The highest BCUT2D eigenvalue weighted by Crippen LogP contribution is 2.47. The van der Waals surface area contributed by atoms with Crippen LogP contribution in [0.1, 0.15) is 67.7 Å². The van der Waals surface area contributed by atoms with Crippen LogP contribution in [0, 0.1) is 0 Å². The molecular formula is C66H49N9O2. The van der Waals surface area contributed by atoms with Crippen LogP contribution in [0.4, 0.5) is 11.4 Å². The summed E-state index contributed by atoms with van der Waals surface area (Å²) in [5, 5.41) is 6.47. The zero-order valence-electron chi connectivity index (χ0n) is 41.9. The van der Waals surface area contributed by atoms with Crippen molar-refractivity contribution < 1.29 is 9.59 Å². The maximum atomic E-state index is 13.7. The Hall–Kier alpha value is -9.74. The summed E-state index contributed by atoms with van der Waals surface area (Å²) >= 11 is 0. The van der Waals surface area contributed by atoms with E-state index in [1.54, 1.807) is 24.8 Å². The molecule has 11 heteroatoms. The molecule has 370 valence electrons. The van der Waals surface area contributed by atoms with E-state index in [2.05, 4.69) is 154 Å². The molecule has 0 bridgehead atoms. The van der Waals surface area contributed by atoms with E-state index in [-0.39, 0.29) is 23.9 Å². The van der Waals surface area contributed by atoms with Gasteiger partial charge in [0.2, 0.25) is 0 Å². The second-order valence-corrected chi connectivity index (χ2v) is 20.1. The second-order valence-electron chi connectivity index (χ2n) is 20.1. The lowest BCUT2D eigenvalue weighted by molar-refractivity contribution is -0.120. The fourth-order valence-electron chi connectivity index (χ4n) is 11.6. The molecule has 77 heavy (non-hydrogen) atoms. The Bertz CT molecular complexity index is 3900. The lowest BCUT2D eigenvalue weighted by atomic mass is 9.77. The summed E-state index contributed by atoms with van der Waals surface area (Å²) in [4.78, 5) is 53.3. The van der Waals surface area contributed by atoms with Gasteiger partial charge in [-0.05, 0) is 87.0 Å². The van der Waals surface area contributed by atoms with Crippen LogP contribution in [0.15, 0.2) is 240 Å². The number of carbonyl (C=O) groups excluding carboxylic acids is 2. The monoisotopic (exact) mass is 999 g/mol. The molecule has 5 aliphatic heterocycles. The number of aromatic nitrogens is 4. The summed E-state index contributed by atoms with van der Waals surface area (Å²) in [6.07, 6.45) is 8.25. The third-order valence-corrected chi connectivity index (χ3v) is 15.5. The number of rotatable bonds is 10. The quantitative estimate of drug-likeness (QED) is 0.0998. The molecule has 2 amide bonds. The first-order valence-corrected chi connectivity index (χ1v) is 26.1. The molecule has 0 unspecified atom stereocenters. The minimum atomic E-state index is -0.803. The fourth-order valence-corrected chi connectivity index (χ4v) is 11.6. The van der Waals surface area contributed by atoms with Gasteiger partial charge < -0.3 is 9.80 Å². The van der Waals surface area contributed by atoms with Crippen LogP contribution in [0.25, 0.3) is 22.2 Å². The standard InChI is InChI=1S/C42H31N5O.C24H18N4O/c48-41(46-28-39(46)29-13-5-1-6-14-29)37-25-31-26-38-35(27-36(31)44-37)40(30-21-23-43-24-22-30)45-47(38)42(32-15-7-2-8-16-32,33-17-9-3-10-18-33)34-19-11-4-12-20-34;29-24(28-14-22(28)15-4-2-1-3-5-15)21-11-17-10-18-13-26-23(16-6-8-25-9-7-16)19(18)12-20(17)27-21/h1-24,26-27,39H,25,28H2;1-10,12,22H,11,13-14H2/t39-,46?;22-,28?/m11/s1. The van der Waals surface area contributed by atoms with Crippen molar-refractivity contribution in [1.82, 2.24) is 29.5 Å². The van der Waals surface area contributed by atoms with Gasteiger partial charge in [0, 0.05) is 72.8 Å². The highest BCUT2D eigenvalue weighted by molar-refractivity contribution is 6.42. The number of carbonyl (C=O) groups is 2. The number of pyridine rings is 2. The smallest absolute Gasteiger partial charge is 0.269 e. The normalized spacial score (nSPS) is 16.6. The van der Waals surface area contributed by atoms with E-state index < -0.39 is 5.54 Å². The molecule has 2 atom stereocenters. The van der Waals surface area contributed by atoms with E-state index in [0.717, 1.165) is 96.8 Å². The van der Waals surface area contributed by atoms with Gasteiger partial charge in [0.05, 0.1) is 41.2 Å². The first kappa shape index (κ1) is 45.8. The van der Waals surface area contributed by atoms with Crippen LogP contribution in [-0.2, 0) is 34.5 Å². The first-order chi connectivity index (χ1) is 38.0. The first-order valence-electron chi connectivity index (χ1n) is 26.1. The molecule has 0 N–H and O–H groups in total. The van der Waals surface area contributed by atoms with Crippen molar-refractivity contribution in [3.05, 3.63) is 281 Å². The SMILES string of the molecule is O=C(C1=Nc2cc3c(-c4ccncc4)nn(C(c4ccccc4)(c4ccccc4)c4ccccc4)c3cc2C1)N1C[C@@H]1c1ccccc1.O=C(C1=Nc2cc3c(cc2C1)CN=C3c1ccncc1)N1C[C@@H]1c1ccccc1. The topological polar surface area (TPSA) is 121 Å². The Kier molecular flexibility index (Phi) is 11.2. The maximum absolute atomic E-state index is 13.7. The van der Waals surface area contributed by atoms with Gasteiger partial charge >= 0.3 is 0 Å². The van der Waals surface area contributed by atoms with Crippen LogP contribution >= 0.6 is 0 Å². The molecule has 3 aromatic heterocycles. The van der Waals surface area contributed by atoms with E-state index in [1.807, 2.05) is 70.5 Å². The van der Waals surface area contributed by atoms with Crippen molar-refractivity contribution in [1.29, 1.82) is 0 Å². The molecule has 2 fully saturated rings. The van der Waals surface area contributed by atoms with E-state index >= 15 is 0 Å². The van der Waals surface area contributed by atoms with Crippen molar-refractivity contribution in [2.45, 2.75) is 37.0 Å². The lowest BCUT2D eigenvalue weighted by Gasteiger charge is -2.37. The van der Waals surface area contributed by atoms with Crippen LogP contribution in [0.3, 0.4) is 0 Å². The van der Waals surface area contributed by atoms with Gasteiger partial charge in [-0.1, -0.05) is 158 Å². The molecule has 15 rings (SSSR count). The number of hydrogen-bond acceptors (Lipinski definition) is 8. The summed E-state index contributed by atoms with van der Waals surface area (Å²) in [6, 6.07) is 69.0. The van der Waals surface area contributed by atoms with Crippen molar-refractivity contribution in [2.75, 3.05) is 13.1 Å². The molecule has 10 aromatic rings. The van der Waals surface area contributed by atoms with Gasteiger partial charge in [-0.2, -0.15) is 5.10 Å². The highest BCUT2D eigenvalue weighted by atomic mass is 16.2. The van der Waals surface area contributed by atoms with Gasteiger partial charge in [-0.3, -0.25) is 24.5 Å². The van der Waals surface area contributed by atoms with Crippen molar-refractivity contribution in [2.24, 2.45) is 15.0 Å². The van der Waals surface area contributed by atoms with Crippen LogP contribution in [0.2, 0.25) is 0 Å². The van der Waals surface area contributed by atoms with Crippen molar-refractivity contribution in [3.8, 4) is 11.3 Å². The number of nitrogens with zero attached hydrogens (tertiary/aromatic N) is 9. The third-order valence-electron chi connectivity index (χ3n) is 15.5. The number of benzene rings is 7. The Balaban J connectivity index is 0.000000158. The van der Waals surface area contributed by atoms with Gasteiger partial charge in [0.1, 0.15) is 22.7 Å². The average molecular weight is 1000 g/mol. The van der Waals surface area contributed by atoms with E-state index in [0.29, 0.717) is 30.8 Å². The van der Waals surface area contributed by atoms with Gasteiger partial charge in [-0.25, -0.2) is 14.7 Å². The molecule has 7 aromatic carbocycles. The molecular weight excluding hydrogens is 951 g/mol. The van der Waals surface area contributed by atoms with Gasteiger partial charge in [0.15, 0.2) is 0 Å². The molecule has 5 aliphatic rings. The Labute approximate surface area is 445 Å². The molecule has 0 radical (unpaired) electrons. The number of hydrogen-bond donors (Lipinski definition) is 0. The van der Waals surface area contributed by atoms with Crippen LogP contribution in [0.5, 0.6) is 0 Å². The summed E-state index contributed by atoms with van der Waals surface area (Å²) in [7, 11) is 0. The predicted molar refractivity (Wildman–Crippen MR) is 301 cm³/mol. The highest BCUT2D eigenvalue weighted by Gasteiger charge is 2.45. The van der Waals surface area contributed by atoms with Crippen molar-refractivity contribution >= 4 is 51.2 Å². The Morgan fingerprint density at radius 1 is 0.481 bits per heavy atom. The number of fused-ring (bicyclic) bond motifs is 4. The second kappa shape index (κ2) is 18.9. The predicted octanol–water partition coefficient (Wildman–Crippen LogP) is 11.8. The van der Waals surface area contributed by atoms with E-state index in [1.165, 1.54) is 11.1 Å². The van der Waals surface area contributed by atoms with Crippen LogP contribution < -0.4 is 0 Å². The van der Waals surface area contributed by atoms with E-state index in [9.17, 15) is 9.59 Å². The largest absolute Gasteiger partial charge is 0.326 e. The molecule has 2 saturated heterocycles. The van der Waals surface area contributed by atoms with Gasteiger partial charge in [-0.15, -0.1) is 0 Å². The minimum absolute atomic E-state index is 0.00676. The Morgan fingerprint density at radius 3 is 1.44 bits per heavy atom. The molecule has 11 nitrogen and oxygen atoms in total. The summed E-state index contributed by atoms with van der Waals surface area (Å²) < 4.78 is 2.19. The van der Waals surface area contributed by atoms with Crippen molar-refractivity contribution in [3.63, 3.8) is 0 Å². The third kappa shape index (κ3) is 8.15. The summed E-state index contributed by atoms with van der Waals surface area (Å²) in [5.41, 5.74) is 17.0. The Morgan fingerprint density at radius 2 is 0.935 bits per heavy atom. The van der Waals surface area contributed by atoms with Gasteiger partial charge in [0.25, 0.3) is 11.8 Å². The molecule has 0 saturated carbocycles. The fraction of sp³-hybridized carbons (Fsp3) is 0.121. The maximum Gasteiger partial charge on any atom is 0.269 e. The number of aliphatic imine (C=N–C) groups is 3. The van der Waals surface area contributed by atoms with Crippen LogP contribution in [-0.4, -0.2) is 71.6 Å². The molecule has 0 aliphatic carbocycles.